The van der Waals surface area contributed by atoms with E-state index in [0.29, 0.717) is 28.3 Å². The Hall–Kier alpha value is -2.66. The second-order valence-corrected chi connectivity index (χ2v) is 6.09. The van der Waals surface area contributed by atoms with Gasteiger partial charge in [-0.2, -0.15) is 0 Å². The van der Waals surface area contributed by atoms with E-state index in [4.69, 9.17) is 11.6 Å². The predicted octanol–water partition coefficient (Wildman–Crippen LogP) is 4.37. The molecule has 0 radical (unpaired) electrons. The van der Waals surface area contributed by atoms with Gasteiger partial charge in [-0.1, -0.05) is 17.7 Å². The fourth-order valence-electron chi connectivity index (χ4n) is 2.73. The summed E-state index contributed by atoms with van der Waals surface area (Å²) in [5.41, 5.74) is 1.28. The summed E-state index contributed by atoms with van der Waals surface area (Å²) in [7, 11) is 0. The monoisotopic (exact) mass is 358 g/mol. The number of fused-ring (bicyclic) bond motifs is 1. The minimum atomic E-state index is -0.552. The van der Waals surface area contributed by atoms with Gasteiger partial charge in [-0.05, 0) is 49.7 Å². The summed E-state index contributed by atoms with van der Waals surface area (Å²) in [5, 5.41) is 3.40. The highest BCUT2D eigenvalue weighted by atomic mass is 35.5. The van der Waals surface area contributed by atoms with Crippen molar-refractivity contribution in [3.63, 3.8) is 0 Å². The van der Waals surface area contributed by atoms with Crippen LogP contribution in [0.5, 0.6) is 0 Å². The number of halogens is 2. The fraction of sp³-hybridized carbons (Fsp3) is 0.158. The maximum Gasteiger partial charge on any atom is 0.261 e. The van der Waals surface area contributed by atoms with E-state index in [1.807, 2.05) is 6.92 Å². The first kappa shape index (κ1) is 17.2. The topological polar surface area (TPSA) is 51.1 Å². The summed E-state index contributed by atoms with van der Waals surface area (Å²) in [6.07, 6.45) is 1.50. The molecule has 25 heavy (non-hydrogen) atoms. The van der Waals surface area contributed by atoms with Gasteiger partial charge in [0.05, 0.1) is 5.52 Å². The summed E-state index contributed by atoms with van der Waals surface area (Å²) in [5.74, 6) is -1.07. The molecule has 1 aromatic heterocycles. The quantitative estimate of drug-likeness (QED) is 0.755. The number of pyridine rings is 1. The molecular formula is C19H16ClFN2O2. The lowest BCUT2D eigenvalue weighted by molar-refractivity contribution is 0.102. The highest BCUT2D eigenvalue weighted by Crippen LogP contribution is 2.23. The van der Waals surface area contributed by atoms with Gasteiger partial charge in [0.25, 0.3) is 5.91 Å². The van der Waals surface area contributed by atoms with Crippen LogP contribution < -0.4 is 10.7 Å². The van der Waals surface area contributed by atoms with E-state index in [0.717, 1.165) is 6.07 Å². The van der Waals surface area contributed by atoms with E-state index < -0.39 is 17.2 Å². The van der Waals surface area contributed by atoms with Gasteiger partial charge in [0.1, 0.15) is 11.4 Å². The third-order valence-corrected chi connectivity index (χ3v) is 4.55. The van der Waals surface area contributed by atoms with Gasteiger partial charge in [-0.3, -0.25) is 9.59 Å². The molecule has 0 atom stereocenters. The van der Waals surface area contributed by atoms with Crippen LogP contribution in [0.4, 0.5) is 10.1 Å². The molecule has 0 aliphatic carbocycles. The number of carbonyl (C=O) groups excluding carboxylic acids is 1. The third-order valence-electron chi connectivity index (χ3n) is 4.14. The maximum atomic E-state index is 13.6. The number of aromatic nitrogens is 1. The molecule has 0 aliphatic rings. The lowest BCUT2D eigenvalue weighted by atomic mass is 10.1. The first-order chi connectivity index (χ1) is 11.9. The summed E-state index contributed by atoms with van der Waals surface area (Å²) in [6.45, 7) is 4.20. The summed E-state index contributed by atoms with van der Waals surface area (Å²) >= 11 is 6.06. The molecule has 6 heteroatoms. The van der Waals surface area contributed by atoms with Crippen LogP contribution in [-0.4, -0.2) is 10.5 Å². The van der Waals surface area contributed by atoms with Crippen molar-refractivity contribution < 1.29 is 9.18 Å². The van der Waals surface area contributed by atoms with Crippen molar-refractivity contribution in [3.8, 4) is 0 Å². The van der Waals surface area contributed by atoms with Gasteiger partial charge in [0.2, 0.25) is 5.43 Å². The zero-order valence-electron chi connectivity index (χ0n) is 13.8. The molecule has 0 spiro atoms. The molecule has 3 aromatic rings. The SMILES string of the molecule is CCn1cc(C(=O)Nc2cccc(Cl)c2C)c(=O)c2cc(F)ccc21. The Bertz CT molecular complexity index is 1040. The average molecular weight is 359 g/mol. The van der Waals surface area contributed by atoms with E-state index in [-0.39, 0.29) is 10.9 Å². The number of benzene rings is 2. The van der Waals surface area contributed by atoms with Gasteiger partial charge >= 0.3 is 0 Å². The van der Waals surface area contributed by atoms with Gasteiger partial charge in [0.15, 0.2) is 0 Å². The van der Waals surface area contributed by atoms with Crippen LogP contribution in [0.1, 0.15) is 22.8 Å². The molecule has 128 valence electrons. The first-order valence-electron chi connectivity index (χ1n) is 7.81. The Labute approximate surface area is 148 Å². The van der Waals surface area contributed by atoms with Crippen molar-refractivity contribution in [1.29, 1.82) is 0 Å². The minimum absolute atomic E-state index is 0.0423. The molecule has 4 nitrogen and oxygen atoms in total. The number of aryl methyl sites for hydroxylation is 1. The molecule has 0 aliphatic heterocycles. The Balaban J connectivity index is 2.11. The second kappa shape index (κ2) is 6.69. The van der Waals surface area contributed by atoms with E-state index in [1.165, 1.54) is 12.3 Å². The molecule has 3 rings (SSSR count). The highest BCUT2D eigenvalue weighted by molar-refractivity contribution is 6.31. The van der Waals surface area contributed by atoms with Crippen molar-refractivity contribution in [2.45, 2.75) is 20.4 Å². The van der Waals surface area contributed by atoms with Crippen molar-refractivity contribution in [2.75, 3.05) is 5.32 Å². The van der Waals surface area contributed by atoms with Crippen molar-refractivity contribution in [3.05, 3.63) is 74.8 Å². The predicted molar refractivity (Wildman–Crippen MR) is 98.0 cm³/mol. The lowest BCUT2D eigenvalue weighted by Gasteiger charge is -2.13. The standard InChI is InChI=1S/C19H16ClFN2O2/c1-3-23-10-14(18(24)13-9-12(21)7-8-17(13)23)19(25)22-16-6-4-5-15(20)11(16)2/h4-10H,3H2,1-2H3,(H,22,25). The van der Waals surface area contributed by atoms with E-state index in [9.17, 15) is 14.0 Å². The summed E-state index contributed by atoms with van der Waals surface area (Å²) < 4.78 is 15.3. The Morgan fingerprint density at radius 2 is 2.04 bits per heavy atom. The molecule has 0 bridgehead atoms. The Kier molecular flexibility index (Phi) is 4.59. The van der Waals surface area contributed by atoms with Crippen LogP contribution in [-0.2, 0) is 6.54 Å². The number of nitrogens with zero attached hydrogens (tertiary/aromatic N) is 1. The van der Waals surface area contributed by atoms with E-state index >= 15 is 0 Å². The number of carbonyl (C=O) groups is 1. The lowest BCUT2D eigenvalue weighted by Crippen LogP contribution is -2.24. The zero-order chi connectivity index (χ0) is 18.1. The molecule has 0 saturated heterocycles. The third kappa shape index (κ3) is 3.15. The van der Waals surface area contributed by atoms with Crippen LogP contribution in [0.3, 0.4) is 0 Å². The second-order valence-electron chi connectivity index (χ2n) is 5.69. The summed E-state index contributed by atoms with van der Waals surface area (Å²) in [6, 6.07) is 9.13. The molecular weight excluding hydrogens is 343 g/mol. The number of hydrogen-bond acceptors (Lipinski definition) is 2. The number of rotatable bonds is 3. The highest BCUT2D eigenvalue weighted by Gasteiger charge is 2.17. The number of amides is 1. The van der Waals surface area contributed by atoms with E-state index in [1.54, 1.807) is 35.8 Å². The number of nitrogens with one attached hydrogen (secondary N) is 1. The van der Waals surface area contributed by atoms with Gasteiger partial charge in [0, 0.05) is 28.8 Å². The smallest absolute Gasteiger partial charge is 0.261 e. The average Bonchev–Trinajstić information content (AvgIpc) is 2.59. The largest absolute Gasteiger partial charge is 0.347 e. The van der Waals surface area contributed by atoms with Crippen LogP contribution in [0.25, 0.3) is 10.9 Å². The molecule has 0 saturated carbocycles. The number of hydrogen-bond donors (Lipinski definition) is 1. The normalized spacial score (nSPS) is 10.9. The Morgan fingerprint density at radius 1 is 1.28 bits per heavy atom. The van der Waals surface area contributed by atoms with Crippen LogP contribution >= 0.6 is 11.6 Å². The van der Waals surface area contributed by atoms with Gasteiger partial charge in [-0.15, -0.1) is 0 Å². The number of anilines is 1. The summed E-state index contributed by atoms with van der Waals surface area (Å²) in [4.78, 5) is 25.3. The molecule has 0 fully saturated rings. The maximum absolute atomic E-state index is 13.6. The minimum Gasteiger partial charge on any atom is -0.347 e. The first-order valence-corrected chi connectivity index (χ1v) is 8.19. The van der Waals surface area contributed by atoms with Gasteiger partial charge < -0.3 is 9.88 Å². The van der Waals surface area contributed by atoms with Crippen LogP contribution in [0, 0.1) is 12.7 Å². The van der Waals surface area contributed by atoms with Crippen molar-refractivity contribution >= 4 is 34.1 Å². The molecule has 2 aromatic carbocycles. The molecule has 0 unspecified atom stereocenters. The molecule has 1 amide bonds. The zero-order valence-corrected chi connectivity index (χ0v) is 14.5. The van der Waals surface area contributed by atoms with Gasteiger partial charge in [-0.25, -0.2) is 4.39 Å². The van der Waals surface area contributed by atoms with E-state index in [2.05, 4.69) is 5.32 Å². The van der Waals surface area contributed by atoms with Crippen molar-refractivity contribution in [1.82, 2.24) is 4.57 Å². The molecule has 1 N–H and O–H groups in total. The Morgan fingerprint density at radius 3 is 2.76 bits per heavy atom. The van der Waals surface area contributed by atoms with Crippen molar-refractivity contribution in [2.24, 2.45) is 0 Å². The molecule has 1 heterocycles. The fourth-order valence-corrected chi connectivity index (χ4v) is 2.90. The van der Waals surface area contributed by atoms with Crippen LogP contribution in [0.2, 0.25) is 5.02 Å². The van der Waals surface area contributed by atoms with Crippen LogP contribution in [0.15, 0.2) is 47.4 Å².